The van der Waals surface area contributed by atoms with Crippen molar-refractivity contribution in [2.24, 2.45) is 10.9 Å². The molecule has 0 amide bonds. The van der Waals surface area contributed by atoms with Crippen molar-refractivity contribution in [3.8, 4) is 5.88 Å². The first-order valence-electron chi connectivity index (χ1n) is 9.58. The van der Waals surface area contributed by atoms with Crippen LogP contribution in [0.1, 0.15) is 24.9 Å². The zero-order valence-electron chi connectivity index (χ0n) is 16.7. The number of aromatic nitrogens is 3. The molecular weight excluding hydrogens is 421 g/mol. The van der Waals surface area contributed by atoms with E-state index in [0.29, 0.717) is 24.7 Å². The number of rotatable bonds is 5. The van der Waals surface area contributed by atoms with Crippen LogP contribution in [-0.2, 0) is 6.18 Å². The number of guanidine groups is 1. The van der Waals surface area contributed by atoms with Crippen LogP contribution in [0.2, 0.25) is 5.02 Å². The van der Waals surface area contributed by atoms with Crippen LogP contribution in [-0.4, -0.2) is 58.7 Å². The van der Waals surface area contributed by atoms with Crippen molar-refractivity contribution in [2.45, 2.75) is 25.6 Å². The lowest BCUT2D eigenvalue weighted by molar-refractivity contribution is -0.137. The summed E-state index contributed by atoms with van der Waals surface area (Å²) in [6.07, 6.45) is 2.80. The first kappa shape index (κ1) is 22.2. The maximum absolute atomic E-state index is 12.7. The Hall–Kier alpha value is -2.49. The van der Waals surface area contributed by atoms with Gasteiger partial charge >= 0.3 is 6.18 Å². The third kappa shape index (κ3) is 5.35. The Bertz CT molecular complexity index is 858. The van der Waals surface area contributed by atoms with Crippen molar-refractivity contribution < 1.29 is 17.9 Å². The van der Waals surface area contributed by atoms with Crippen molar-refractivity contribution in [3.05, 3.63) is 41.6 Å². The number of likely N-dealkylation sites (tertiary alicyclic amines) is 1. The molecule has 2 atom stereocenters. The molecule has 1 N–H and O–H groups in total. The van der Waals surface area contributed by atoms with E-state index in [1.54, 1.807) is 13.2 Å². The predicted molar refractivity (Wildman–Crippen MR) is 108 cm³/mol. The number of alkyl halides is 3. The van der Waals surface area contributed by atoms with Gasteiger partial charge in [0.05, 0.1) is 24.5 Å². The highest BCUT2D eigenvalue weighted by Crippen LogP contribution is 2.33. The summed E-state index contributed by atoms with van der Waals surface area (Å²) in [7, 11) is 1.71. The second kappa shape index (κ2) is 9.55. The number of nitrogens with one attached hydrogen (secondary N) is 1. The minimum atomic E-state index is -4.50. The topological polar surface area (TPSA) is 67.6 Å². The normalized spacial score (nSPS) is 20.3. The molecule has 3 heterocycles. The van der Waals surface area contributed by atoms with Gasteiger partial charge in [-0.15, -0.1) is 0 Å². The summed E-state index contributed by atoms with van der Waals surface area (Å²) < 4.78 is 45.6. The monoisotopic (exact) mass is 444 g/mol. The second-order valence-corrected chi connectivity index (χ2v) is 7.53. The van der Waals surface area contributed by atoms with Crippen molar-refractivity contribution in [1.82, 2.24) is 24.8 Å². The van der Waals surface area contributed by atoms with Crippen LogP contribution in [0.4, 0.5) is 13.2 Å². The largest absolute Gasteiger partial charge is 0.475 e. The molecule has 2 unspecified atom stereocenters. The molecule has 1 aliphatic heterocycles. The zero-order valence-corrected chi connectivity index (χ0v) is 17.5. The maximum Gasteiger partial charge on any atom is 0.417 e. The predicted octanol–water partition coefficient (Wildman–Crippen LogP) is 3.49. The fourth-order valence-corrected chi connectivity index (χ4v) is 3.65. The van der Waals surface area contributed by atoms with Gasteiger partial charge in [-0.05, 0) is 18.4 Å². The second-order valence-electron chi connectivity index (χ2n) is 7.12. The Morgan fingerprint density at radius 3 is 2.87 bits per heavy atom. The summed E-state index contributed by atoms with van der Waals surface area (Å²) in [6.45, 7) is 4.47. The van der Waals surface area contributed by atoms with Gasteiger partial charge in [0, 0.05) is 38.7 Å². The van der Waals surface area contributed by atoms with E-state index in [-0.39, 0.29) is 17.5 Å². The summed E-state index contributed by atoms with van der Waals surface area (Å²) in [4.78, 5) is 14.3. The summed E-state index contributed by atoms with van der Waals surface area (Å²) in [6, 6.07) is 1.10. The third-order valence-electron chi connectivity index (χ3n) is 5.10. The number of hydrogen-bond acceptors (Lipinski definition) is 4. The number of halogens is 4. The molecule has 1 aliphatic rings. The molecule has 0 aromatic carbocycles. The Balaban J connectivity index is 1.51. The van der Waals surface area contributed by atoms with Crippen LogP contribution in [0.3, 0.4) is 0 Å². The Kier molecular flexibility index (Phi) is 7.06. The highest BCUT2D eigenvalue weighted by atomic mass is 35.5. The highest BCUT2D eigenvalue weighted by molar-refractivity contribution is 6.31. The van der Waals surface area contributed by atoms with Gasteiger partial charge in [-0.1, -0.05) is 18.5 Å². The summed E-state index contributed by atoms with van der Waals surface area (Å²) in [5.74, 6) is 1.22. The van der Waals surface area contributed by atoms with E-state index in [0.717, 1.165) is 31.5 Å². The van der Waals surface area contributed by atoms with Gasteiger partial charge < -0.3 is 19.5 Å². The molecule has 1 saturated heterocycles. The molecule has 0 radical (unpaired) electrons. The zero-order chi connectivity index (χ0) is 21.7. The van der Waals surface area contributed by atoms with E-state index < -0.39 is 11.7 Å². The molecule has 0 spiro atoms. The Morgan fingerprint density at radius 2 is 2.23 bits per heavy atom. The standard InChI is InChI=1S/C19H24ClF3N6O/c1-13-3-6-28(11-16(13)29-7-4-25-12-29)18(24-2)26-5-8-30-17-15(20)9-14(10-27-17)19(21,22)23/h4,7,9-10,12-13,16H,3,5-6,8,11H2,1-2H3,(H,24,26). The Morgan fingerprint density at radius 1 is 1.43 bits per heavy atom. The molecule has 2 aromatic rings. The van der Waals surface area contributed by atoms with Crippen molar-refractivity contribution >= 4 is 17.6 Å². The van der Waals surface area contributed by atoms with Crippen molar-refractivity contribution in [2.75, 3.05) is 33.3 Å². The van der Waals surface area contributed by atoms with Gasteiger partial charge in [-0.3, -0.25) is 4.99 Å². The number of ether oxygens (including phenoxy) is 1. The molecule has 0 saturated carbocycles. The van der Waals surface area contributed by atoms with Crippen molar-refractivity contribution in [3.63, 3.8) is 0 Å². The quantitative estimate of drug-likeness (QED) is 0.434. The van der Waals surface area contributed by atoms with Crippen LogP contribution in [0.5, 0.6) is 5.88 Å². The number of aliphatic imine (C=N–C) groups is 1. The molecule has 7 nitrogen and oxygen atoms in total. The molecule has 1 fully saturated rings. The molecule has 30 heavy (non-hydrogen) atoms. The van der Waals surface area contributed by atoms with Gasteiger partial charge in [0.2, 0.25) is 5.88 Å². The Labute approximate surface area is 177 Å². The van der Waals surface area contributed by atoms with E-state index in [4.69, 9.17) is 16.3 Å². The first-order valence-corrected chi connectivity index (χ1v) is 9.96. The van der Waals surface area contributed by atoms with Gasteiger partial charge in [0.15, 0.2) is 5.96 Å². The number of piperidine rings is 1. The molecule has 11 heteroatoms. The average Bonchev–Trinajstić information content (AvgIpc) is 3.23. The summed E-state index contributed by atoms with van der Waals surface area (Å²) >= 11 is 5.86. The fraction of sp³-hybridized carbons (Fsp3) is 0.526. The van der Waals surface area contributed by atoms with Gasteiger partial charge in [-0.2, -0.15) is 13.2 Å². The number of hydrogen-bond donors (Lipinski definition) is 1. The lowest BCUT2D eigenvalue weighted by Crippen LogP contribution is -2.49. The molecule has 2 aromatic heterocycles. The van der Waals surface area contributed by atoms with Crippen LogP contribution in [0.15, 0.2) is 36.0 Å². The van der Waals surface area contributed by atoms with Crippen LogP contribution >= 0.6 is 11.6 Å². The lowest BCUT2D eigenvalue weighted by atomic mass is 9.93. The van der Waals surface area contributed by atoms with Crippen LogP contribution in [0.25, 0.3) is 0 Å². The molecule has 0 bridgehead atoms. The van der Waals surface area contributed by atoms with Gasteiger partial charge in [-0.25, -0.2) is 9.97 Å². The number of imidazole rings is 1. The summed E-state index contributed by atoms with van der Waals surface area (Å²) in [5, 5.41) is 3.04. The lowest BCUT2D eigenvalue weighted by Gasteiger charge is -2.39. The average molecular weight is 445 g/mol. The minimum Gasteiger partial charge on any atom is -0.475 e. The van der Waals surface area contributed by atoms with E-state index >= 15 is 0 Å². The van der Waals surface area contributed by atoms with E-state index in [2.05, 4.69) is 36.7 Å². The SMILES string of the molecule is CN=C(NCCOc1ncc(C(F)(F)F)cc1Cl)N1CCC(C)C(n2ccnc2)C1. The van der Waals surface area contributed by atoms with E-state index in [9.17, 15) is 13.2 Å². The van der Waals surface area contributed by atoms with Crippen LogP contribution in [0, 0.1) is 5.92 Å². The smallest absolute Gasteiger partial charge is 0.417 e. The third-order valence-corrected chi connectivity index (χ3v) is 5.37. The van der Waals surface area contributed by atoms with E-state index in [1.165, 1.54) is 0 Å². The molecule has 164 valence electrons. The number of nitrogens with zero attached hydrogens (tertiary/aromatic N) is 5. The van der Waals surface area contributed by atoms with E-state index in [1.807, 2.05) is 12.5 Å². The molecule has 3 rings (SSSR count). The number of pyridine rings is 1. The first-order chi connectivity index (χ1) is 14.3. The van der Waals surface area contributed by atoms with Crippen molar-refractivity contribution in [1.29, 1.82) is 0 Å². The molecular formula is C19H24ClF3N6O. The van der Waals surface area contributed by atoms with Crippen LogP contribution < -0.4 is 10.1 Å². The fourth-order valence-electron chi connectivity index (χ4n) is 3.42. The van der Waals surface area contributed by atoms with Gasteiger partial charge in [0.25, 0.3) is 0 Å². The highest BCUT2D eigenvalue weighted by Gasteiger charge is 2.32. The summed E-state index contributed by atoms with van der Waals surface area (Å²) in [5.41, 5.74) is -0.912. The molecule has 0 aliphatic carbocycles. The maximum atomic E-state index is 12.7. The minimum absolute atomic E-state index is 0.0339. The van der Waals surface area contributed by atoms with Gasteiger partial charge in [0.1, 0.15) is 11.6 Å².